The van der Waals surface area contributed by atoms with Crippen LogP contribution < -0.4 is 0 Å². The lowest BCUT2D eigenvalue weighted by Crippen LogP contribution is -2.31. The predicted octanol–water partition coefficient (Wildman–Crippen LogP) is 0.946. The van der Waals surface area contributed by atoms with Gasteiger partial charge in [0.2, 0.25) is 5.91 Å². The molecule has 0 saturated carbocycles. The first-order chi connectivity index (χ1) is 9.63. The van der Waals surface area contributed by atoms with Gasteiger partial charge in [0.05, 0.1) is 18.6 Å². The molecule has 0 spiro atoms. The summed E-state index contributed by atoms with van der Waals surface area (Å²) in [4.78, 5) is 13.7. The van der Waals surface area contributed by atoms with Crippen molar-refractivity contribution in [2.45, 2.75) is 18.6 Å². The van der Waals surface area contributed by atoms with Crippen LogP contribution in [0.2, 0.25) is 0 Å². The number of hydrogen-bond donors (Lipinski definition) is 2. The second kappa shape index (κ2) is 5.23. The molecule has 1 fully saturated rings. The first kappa shape index (κ1) is 13.1. The van der Waals surface area contributed by atoms with Crippen molar-refractivity contribution in [3.05, 3.63) is 48.0 Å². The van der Waals surface area contributed by atoms with Gasteiger partial charge in [-0.15, -0.1) is 0 Å². The van der Waals surface area contributed by atoms with Crippen LogP contribution in [-0.2, 0) is 11.2 Å². The average Bonchev–Trinajstić information content (AvgIpc) is 2.79. The number of carbonyl (C=O) groups is 1. The number of fused-ring (bicyclic) bond motifs is 1. The van der Waals surface area contributed by atoms with Gasteiger partial charge in [0.25, 0.3) is 0 Å². The minimum Gasteiger partial charge on any atom is -0.388 e. The molecule has 2 aromatic carbocycles. The van der Waals surface area contributed by atoms with Crippen LogP contribution in [0.3, 0.4) is 0 Å². The van der Waals surface area contributed by atoms with Crippen LogP contribution in [0.4, 0.5) is 0 Å². The molecule has 1 aliphatic heterocycles. The maximum Gasteiger partial charge on any atom is 0.227 e. The third-order valence-electron chi connectivity index (χ3n) is 3.78. The summed E-state index contributed by atoms with van der Waals surface area (Å²) in [6.07, 6.45) is -1.35. The van der Waals surface area contributed by atoms with Gasteiger partial charge in [0, 0.05) is 13.1 Å². The van der Waals surface area contributed by atoms with E-state index >= 15 is 0 Å². The smallest absolute Gasteiger partial charge is 0.227 e. The van der Waals surface area contributed by atoms with Crippen LogP contribution in [0, 0.1) is 0 Å². The van der Waals surface area contributed by atoms with E-state index in [1.54, 1.807) is 0 Å². The topological polar surface area (TPSA) is 60.8 Å². The molecule has 3 rings (SSSR count). The Labute approximate surface area is 117 Å². The second-order valence-electron chi connectivity index (χ2n) is 5.29. The van der Waals surface area contributed by atoms with E-state index in [0.29, 0.717) is 6.42 Å². The highest BCUT2D eigenvalue weighted by molar-refractivity contribution is 5.85. The normalized spacial score (nSPS) is 22.4. The zero-order valence-electron chi connectivity index (χ0n) is 11.1. The van der Waals surface area contributed by atoms with Gasteiger partial charge < -0.3 is 15.1 Å². The highest BCUT2D eigenvalue weighted by Gasteiger charge is 2.32. The van der Waals surface area contributed by atoms with Crippen LogP contribution >= 0.6 is 0 Å². The molecule has 1 aliphatic rings. The number of aliphatic hydroxyl groups is 2. The lowest BCUT2D eigenvalue weighted by atomic mass is 10.0. The highest BCUT2D eigenvalue weighted by atomic mass is 16.3. The quantitative estimate of drug-likeness (QED) is 0.855. The summed E-state index contributed by atoms with van der Waals surface area (Å²) in [7, 11) is 0. The third kappa shape index (κ3) is 2.53. The van der Waals surface area contributed by atoms with E-state index in [1.165, 1.54) is 4.90 Å². The summed E-state index contributed by atoms with van der Waals surface area (Å²) in [6.45, 7) is 0.432. The molecule has 4 nitrogen and oxygen atoms in total. The summed E-state index contributed by atoms with van der Waals surface area (Å²) < 4.78 is 0. The molecule has 1 saturated heterocycles. The van der Waals surface area contributed by atoms with Crippen molar-refractivity contribution >= 4 is 16.7 Å². The first-order valence-corrected chi connectivity index (χ1v) is 6.75. The molecule has 0 radical (unpaired) electrons. The molecule has 2 N–H and O–H groups in total. The van der Waals surface area contributed by atoms with Crippen molar-refractivity contribution in [1.29, 1.82) is 0 Å². The van der Waals surface area contributed by atoms with Gasteiger partial charge in [-0.2, -0.15) is 0 Å². The zero-order chi connectivity index (χ0) is 14.1. The molecular formula is C16H17NO3. The summed E-state index contributed by atoms with van der Waals surface area (Å²) in [5.74, 6) is -0.0594. The standard InChI is InChI=1S/C16H17NO3/c18-14-9-17(10-15(14)19)16(20)8-11-5-6-12-3-1-2-4-13(12)7-11/h1-7,14-15,18-19H,8-10H2/t14-,15+. The van der Waals surface area contributed by atoms with E-state index in [1.807, 2.05) is 42.5 Å². The zero-order valence-corrected chi connectivity index (χ0v) is 11.1. The van der Waals surface area contributed by atoms with Crippen LogP contribution in [0.25, 0.3) is 10.8 Å². The number of β-amino-alcohol motifs (C(OH)–C–C–N with tert-alkyl or cyclic N) is 2. The van der Waals surface area contributed by atoms with Gasteiger partial charge >= 0.3 is 0 Å². The number of benzene rings is 2. The molecule has 2 atom stereocenters. The van der Waals surface area contributed by atoms with Crippen LogP contribution in [-0.4, -0.2) is 46.3 Å². The van der Waals surface area contributed by atoms with Crippen molar-refractivity contribution in [2.75, 3.05) is 13.1 Å². The van der Waals surface area contributed by atoms with Crippen LogP contribution in [0.1, 0.15) is 5.56 Å². The molecule has 1 amide bonds. The fraction of sp³-hybridized carbons (Fsp3) is 0.312. The van der Waals surface area contributed by atoms with Gasteiger partial charge in [0.1, 0.15) is 0 Å². The summed E-state index contributed by atoms with van der Waals surface area (Å²) >= 11 is 0. The van der Waals surface area contributed by atoms with Crippen molar-refractivity contribution < 1.29 is 15.0 Å². The van der Waals surface area contributed by atoms with Crippen molar-refractivity contribution in [3.63, 3.8) is 0 Å². The molecule has 20 heavy (non-hydrogen) atoms. The maximum absolute atomic E-state index is 12.1. The number of aliphatic hydroxyl groups excluding tert-OH is 2. The molecule has 1 heterocycles. The first-order valence-electron chi connectivity index (χ1n) is 6.75. The highest BCUT2D eigenvalue weighted by Crippen LogP contribution is 2.17. The Bertz CT molecular complexity index is 630. The Morgan fingerprint density at radius 3 is 2.40 bits per heavy atom. The van der Waals surface area contributed by atoms with Crippen molar-refractivity contribution in [1.82, 2.24) is 4.90 Å². The van der Waals surface area contributed by atoms with Crippen LogP contribution in [0.15, 0.2) is 42.5 Å². The number of carbonyl (C=O) groups excluding carboxylic acids is 1. The number of rotatable bonds is 2. The maximum atomic E-state index is 12.1. The van der Waals surface area contributed by atoms with E-state index in [2.05, 4.69) is 0 Å². The van der Waals surface area contributed by atoms with Gasteiger partial charge in [-0.05, 0) is 16.3 Å². The van der Waals surface area contributed by atoms with Crippen LogP contribution in [0.5, 0.6) is 0 Å². The molecular weight excluding hydrogens is 254 g/mol. The Kier molecular flexibility index (Phi) is 3.42. The minimum atomic E-state index is -0.824. The molecule has 0 aliphatic carbocycles. The van der Waals surface area contributed by atoms with E-state index in [0.717, 1.165) is 16.3 Å². The van der Waals surface area contributed by atoms with E-state index in [-0.39, 0.29) is 19.0 Å². The minimum absolute atomic E-state index is 0.0594. The molecule has 0 aromatic heterocycles. The summed E-state index contributed by atoms with van der Waals surface area (Å²) in [6, 6.07) is 14.0. The van der Waals surface area contributed by atoms with Crippen molar-refractivity contribution in [2.24, 2.45) is 0 Å². The molecule has 4 heteroatoms. The van der Waals surface area contributed by atoms with E-state index in [9.17, 15) is 15.0 Å². The second-order valence-corrected chi connectivity index (χ2v) is 5.29. The Morgan fingerprint density at radius 2 is 1.70 bits per heavy atom. The Balaban J connectivity index is 1.74. The number of nitrogens with zero attached hydrogens (tertiary/aromatic N) is 1. The lowest BCUT2D eigenvalue weighted by Gasteiger charge is -2.15. The van der Waals surface area contributed by atoms with Gasteiger partial charge in [-0.25, -0.2) is 0 Å². The Hall–Kier alpha value is -1.91. The fourth-order valence-corrected chi connectivity index (χ4v) is 2.61. The lowest BCUT2D eigenvalue weighted by molar-refractivity contribution is -0.129. The number of likely N-dealkylation sites (tertiary alicyclic amines) is 1. The monoisotopic (exact) mass is 271 g/mol. The summed E-state index contributed by atoms with van der Waals surface area (Å²) in [5, 5.41) is 21.2. The molecule has 0 unspecified atom stereocenters. The van der Waals surface area contributed by atoms with Gasteiger partial charge in [-0.1, -0.05) is 42.5 Å². The van der Waals surface area contributed by atoms with E-state index in [4.69, 9.17) is 0 Å². The molecule has 0 bridgehead atoms. The Morgan fingerprint density at radius 1 is 1.05 bits per heavy atom. The largest absolute Gasteiger partial charge is 0.388 e. The molecule has 104 valence electrons. The van der Waals surface area contributed by atoms with Gasteiger partial charge in [-0.3, -0.25) is 4.79 Å². The third-order valence-corrected chi connectivity index (χ3v) is 3.78. The number of amides is 1. The summed E-state index contributed by atoms with van der Waals surface area (Å²) in [5.41, 5.74) is 0.949. The van der Waals surface area contributed by atoms with Crippen molar-refractivity contribution in [3.8, 4) is 0 Å². The predicted molar refractivity (Wildman–Crippen MR) is 76.2 cm³/mol. The number of hydrogen-bond acceptors (Lipinski definition) is 3. The average molecular weight is 271 g/mol. The van der Waals surface area contributed by atoms with Gasteiger partial charge in [0.15, 0.2) is 0 Å². The fourth-order valence-electron chi connectivity index (χ4n) is 2.61. The van der Waals surface area contributed by atoms with E-state index < -0.39 is 12.2 Å². The SMILES string of the molecule is O=C(Cc1ccc2ccccc2c1)N1C[C@@H](O)[C@@H](O)C1. The molecule has 2 aromatic rings.